The molecule has 2 nitrogen and oxygen atoms in total. The lowest BCUT2D eigenvalue weighted by Gasteiger charge is -2.00. The topological polar surface area (TPSA) is 38.9 Å². The zero-order chi connectivity index (χ0) is 11.8. The Morgan fingerprint density at radius 2 is 1.94 bits per heavy atom. The molecule has 0 atom stereocenters. The van der Waals surface area contributed by atoms with Gasteiger partial charge in [0, 0.05) is 15.7 Å². The van der Waals surface area contributed by atoms with Gasteiger partial charge in [-0.25, -0.2) is 4.98 Å². The van der Waals surface area contributed by atoms with Gasteiger partial charge in [0.1, 0.15) is 5.01 Å². The fraction of sp³-hybridized carbons (Fsp3) is 0. The maximum atomic E-state index is 5.88. The first kappa shape index (κ1) is 10.7. The molecule has 2 aromatic carbocycles. The molecule has 1 aromatic heterocycles. The molecule has 0 fully saturated rings. The maximum absolute atomic E-state index is 5.88. The van der Waals surface area contributed by atoms with Gasteiger partial charge in [0.2, 0.25) is 0 Å². The molecule has 0 aliphatic heterocycles. The fourth-order valence-electron chi connectivity index (χ4n) is 1.67. The van der Waals surface area contributed by atoms with Gasteiger partial charge in [-0.2, -0.15) is 0 Å². The first-order valence-corrected chi connectivity index (χ1v) is 6.76. The maximum Gasteiger partial charge on any atom is 0.124 e. The molecule has 0 radical (unpaired) electrons. The van der Waals surface area contributed by atoms with Gasteiger partial charge in [-0.3, -0.25) is 0 Å². The van der Waals surface area contributed by atoms with Crippen molar-refractivity contribution >= 4 is 43.2 Å². The van der Waals surface area contributed by atoms with Gasteiger partial charge in [-0.05, 0) is 40.2 Å². The van der Waals surface area contributed by atoms with Crippen LogP contribution in [0.5, 0.6) is 0 Å². The zero-order valence-electron chi connectivity index (χ0n) is 8.85. The van der Waals surface area contributed by atoms with E-state index in [1.165, 1.54) is 4.70 Å². The molecule has 0 aliphatic carbocycles. The van der Waals surface area contributed by atoms with Gasteiger partial charge in [0.05, 0.1) is 10.2 Å². The summed E-state index contributed by atoms with van der Waals surface area (Å²) in [5, 5.41) is 1.01. The second-order valence-electron chi connectivity index (χ2n) is 3.72. The van der Waals surface area contributed by atoms with Crippen molar-refractivity contribution in [2.45, 2.75) is 0 Å². The summed E-state index contributed by atoms with van der Waals surface area (Å²) in [6, 6.07) is 14.1. The molecular weight excluding hydrogens is 296 g/mol. The van der Waals surface area contributed by atoms with E-state index in [2.05, 4.69) is 27.0 Å². The lowest BCUT2D eigenvalue weighted by Crippen LogP contribution is -1.87. The van der Waals surface area contributed by atoms with Crippen LogP contribution in [0, 0.1) is 0 Å². The average molecular weight is 305 g/mol. The summed E-state index contributed by atoms with van der Waals surface area (Å²) in [5.74, 6) is 0. The van der Waals surface area contributed by atoms with Crippen molar-refractivity contribution in [3.8, 4) is 10.6 Å². The van der Waals surface area contributed by atoms with E-state index >= 15 is 0 Å². The number of benzene rings is 2. The third kappa shape index (κ3) is 1.94. The van der Waals surface area contributed by atoms with Crippen molar-refractivity contribution in [3.05, 3.63) is 46.9 Å². The van der Waals surface area contributed by atoms with Crippen LogP contribution in [0.15, 0.2) is 46.9 Å². The Kier molecular flexibility index (Phi) is 2.61. The minimum atomic E-state index is 0.738. The number of para-hydroxylation sites is 1. The van der Waals surface area contributed by atoms with E-state index in [4.69, 9.17) is 5.73 Å². The number of nitrogens with two attached hydrogens (primary N) is 1. The number of halogens is 1. The molecule has 1 heterocycles. The lowest BCUT2D eigenvalue weighted by molar-refractivity contribution is 1.47. The molecule has 2 N–H and O–H groups in total. The summed E-state index contributed by atoms with van der Waals surface area (Å²) >= 11 is 5.08. The Labute approximate surface area is 111 Å². The number of hydrogen-bond acceptors (Lipinski definition) is 3. The third-order valence-corrected chi connectivity index (χ3v) is 4.34. The molecule has 17 heavy (non-hydrogen) atoms. The van der Waals surface area contributed by atoms with E-state index in [-0.39, 0.29) is 0 Å². The summed E-state index contributed by atoms with van der Waals surface area (Å²) in [4.78, 5) is 4.60. The van der Waals surface area contributed by atoms with Gasteiger partial charge in [-0.15, -0.1) is 11.3 Å². The van der Waals surface area contributed by atoms with Gasteiger partial charge in [0.25, 0.3) is 0 Å². The molecule has 4 heteroatoms. The summed E-state index contributed by atoms with van der Waals surface area (Å²) in [6.07, 6.45) is 0. The summed E-state index contributed by atoms with van der Waals surface area (Å²) in [5.41, 5.74) is 8.72. The number of anilines is 1. The van der Waals surface area contributed by atoms with E-state index in [0.29, 0.717) is 0 Å². The number of thiazole rings is 1. The average Bonchev–Trinajstić information content (AvgIpc) is 2.76. The number of nitrogens with zero attached hydrogens (tertiary/aromatic N) is 1. The summed E-state index contributed by atoms with van der Waals surface area (Å²) < 4.78 is 2.12. The molecule has 0 spiro atoms. The Hall–Kier alpha value is -1.39. The van der Waals surface area contributed by atoms with Crippen molar-refractivity contribution in [1.82, 2.24) is 4.98 Å². The Bertz CT molecular complexity index is 658. The van der Waals surface area contributed by atoms with Crippen LogP contribution in [-0.2, 0) is 0 Å². The number of fused-ring (bicyclic) bond motifs is 1. The van der Waals surface area contributed by atoms with Crippen LogP contribution in [0.25, 0.3) is 20.8 Å². The van der Waals surface area contributed by atoms with Gasteiger partial charge >= 0.3 is 0 Å². The van der Waals surface area contributed by atoms with Crippen LogP contribution >= 0.6 is 27.3 Å². The number of aromatic nitrogens is 1. The lowest BCUT2D eigenvalue weighted by atomic mass is 10.2. The van der Waals surface area contributed by atoms with Crippen molar-refractivity contribution in [2.24, 2.45) is 0 Å². The minimum Gasteiger partial charge on any atom is -0.398 e. The number of hydrogen-bond donors (Lipinski definition) is 1. The van der Waals surface area contributed by atoms with Crippen molar-refractivity contribution in [1.29, 1.82) is 0 Å². The van der Waals surface area contributed by atoms with E-state index < -0.39 is 0 Å². The minimum absolute atomic E-state index is 0.738. The largest absolute Gasteiger partial charge is 0.398 e. The first-order chi connectivity index (χ1) is 8.24. The molecule has 0 saturated carbocycles. The Morgan fingerprint density at radius 1 is 1.12 bits per heavy atom. The third-order valence-electron chi connectivity index (χ3n) is 2.54. The van der Waals surface area contributed by atoms with E-state index in [1.54, 1.807) is 11.3 Å². The zero-order valence-corrected chi connectivity index (χ0v) is 11.3. The molecule has 3 aromatic rings. The molecule has 0 amide bonds. The Morgan fingerprint density at radius 3 is 2.71 bits per heavy atom. The molecule has 0 saturated heterocycles. The van der Waals surface area contributed by atoms with Crippen molar-refractivity contribution < 1.29 is 0 Å². The molecule has 0 bridgehead atoms. The first-order valence-electron chi connectivity index (χ1n) is 5.15. The van der Waals surface area contributed by atoms with Crippen molar-refractivity contribution in [2.75, 3.05) is 5.73 Å². The van der Waals surface area contributed by atoms with Gasteiger partial charge in [-0.1, -0.05) is 18.2 Å². The van der Waals surface area contributed by atoms with Crippen LogP contribution < -0.4 is 5.73 Å². The molecule has 0 aliphatic rings. The standard InChI is InChI=1S/C13H9BrN2S/c14-9-6-5-8(7-10(9)15)13-16-11-3-1-2-4-12(11)17-13/h1-7H,15H2. The highest BCUT2D eigenvalue weighted by atomic mass is 79.9. The number of nitrogen functional groups attached to an aromatic ring is 1. The SMILES string of the molecule is Nc1cc(-c2nc3ccccc3s2)ccc1Br. The number of rotatable bonds is 1. The highest BCUT2D eigenvalue weighted by molar-refractivity contribution is 9.10. The van der Waals surface area contributed by atoms with E-state index in [9.17, 15) is 0 Å². The van der Waals surface area contributed by atoms with E-state index in [0.717, 1.165) is 26.2 Å². The highest BCUT2D eigenvalue weighted by Crippen LogP contribution is 2.32. The monoisotopic (exact) mass is 304 g/mol. The molecule has 3 rings (SSSR count). The van der Waals surface area contributed by atoms with Crippen LogP contribution in [-0.4, -0.2) is 4.98 Å². The molecular formula is C13H9BrN2S. The molecule has 0 unspecified atom stereocenters. The second kappa shape index (κ2) is 4.13. The molecule has 84 valence electrons. The summed E-state index contributed by atoms with van der Waals surface area (Å²) in [6.45, 7) is 0. The Balaban J connectivity index is 2.17. The van der Waals surface area contributed by atoms with Crippen LogP contribution in [0.1, 0.15) is 0 Å². The predicted molar refractivity (Wildman–Crippen MR) is 77.2 cm³/mol. The second-order valence-corrected chi connectivity index (χ2v) is 5.61. The normalized spacial score (nSPS) is 10.9. The smallest absolute Gasteiger partial charge is 0.124 e. The van der Waals surface area contributed by atoms with Crippen LogP contribution in [0.3, 0.4) is 0 Å². The van der Waals surface area contributed by atoms with E-state index in [1.807, 2.05) is 36.4 Å². The van der Waals surface area contributed by atoms with Crippen LogP contribution in [0.4, 0.5) is 5.69 Å². The summed E-state index contributed by atoms with van der Waals surface area (Å²) in [7, 11) is 0. The fourth-order valence-corrected chi connectivity index (χ4v) is 2.88. The predicted octanol–water partition coefficient (Wildman–Crippen LogP) is 4.31. The van der Waals surface area contributed by atoms with Crippen molar-refractivity contribution in [3.63, 3.8) is 0 Å². The highest BCUT2D eigenvalue weighted by Gasteiger charge is 2.06. The quantitative estimate of drug-likeness (QED) is 0.680. The van der Waals surface area contributed by atoms with Crippen LogP contribution in [0.2, 0.25) is 0 Å². The van der Waals surface area contributed by atoms with Gasteiger partial charge < -0.3 is 5.73 Å². The van der Waals surface area contributed by atoms with Gasteiger partial charge in [0.15, 0.2) is 0 Å².